The van der Waals surface area contributed by atoms with E-state index in [1.807, 2.05) is 0 Å². The summed E-state index contributed by atoms with van der Waals surface area (Å²) in [7, 11) is 0. The fraction of sp³-hybridized carbons (Fsp3) is 0.692. The third-order valence-electron chi connectivity index (χ3n) is 3.50. The first-order valence-electron chi connectivity index (χ1n) is 6.28. The summed E-state index contributed by atoms with van der Waals surface area (Å²) in [6.45, 7) is 3.40. The van der Waals surface area contributed by atoms with Gasteiger partial charge in [0.05, 0.1) is 18.1 Å². The van der Waals surface area contributed by atoms with Crippen molar-refractivity contribution in [2.24, 2.45) is 5.92 Å². The van der Waals surface area contributed by atoms with Crippen LogP contribution in [0.5, 0.6) is 0 Å². The molecule has 1 aliphatic carbocycles. The summed E-state index contributed by atoms with van der Waals surface area (Å²) in [6, 6.07) is 0. The Labute approximate surface area is 107 Å². The molecule has 5 heteroatoms. The Balaban J connectivity index is 2.53. The molecule has 5 nitrogen and oxygen atoms in total. The van der Waals surface area contributed by atoms with Gasteiger partial charge >= 0.3 is 5.97 Å². The number of carbonyl (C=O) groups is 2. The van der Waals surface area contributed by atoms with Crippen LogP contribution in [-0.4, -0.2) is 34.2 Å². The van der Waals surface area contributed by atoms with Crippen LogP contribution in [0.25, 0.3) is 0 Å². The fourth-order valence-electron chi connectivity index (χ4n) is 2.42. The molecule has 18 heavy (non-hydrogen) atoms. The van der Waals surface area contributed by atoms with Gasteiger partial charge in [-0.1, -0.05) is 18.9 Å². The molecule has 1 aliphatic rings. The summed E-state index contributed by atoms with van der Waals surface area (Å²) in [4.78, 5) is 22.8. The van der Waals surface area contributed by atoms with Gasteiger partial charge in [-0.15, -0.1) is 6.58 Å². The predicted molar refractivity (Wildman–Crippen MR) is 67.0 cm³/mol. The van der Waals surface area contributed by atoms with Crippen LogP contribution in [-0.2, 0) is 9.59 Å². The highest BCUT2D eigenvalue weighted by atomic mass is 16.4. The van der Waals surface area contributed by atoms with Gasteiger partial charge in [-0.25, -0.2) is 0 Å². The van der Waals surface area contributed by atoms with Gasteiger partial charge in [0.15, 0.2) is 0 Å². The van der Waals surface area contributed by atoms with Gasteiger partial charge in [-0.05, 0) is 19.3 Å². The van der Waals surface area contributed by atoms with Gasteiger partial charge < -0.3 is 15.5 Å². The Hall–Kier alpha value is -1.36. The number of nitrogens with one attached hydrogen (secondary N) is 1. The molecule has 0 heterocycles. The second kappa shape index (κ2) is 6.54. The van der Waals surface area contributed by atoms with E-state index in [1.165, 1.54) is 6.08 Å². The lowest BCUT2D eigenvalue weighted by Crippen LogP contribution is -2.49. The number of allylic oxidation sites excluding steroid dienone is 1. The lowest BCUT2D eigenvalue weighted by Gasteiger charge is -2.28. The van der Waals surface area contributed by atoms with Crippen molar-refractivity contribution in [3.8, 4) is 0 Å². The molecule has 102 valence electrons. The van der Waals surface area contributed by atoms with Crippen LogP contribution < -0.4 is 5.32 Å². The zero-order valence-corrected chi connectivity index (χ0v) is 10.5. The third-order valence-corrected chi connectivity index (χ3v) is 3.50. The number of hydrogen-bond donors (Lipinski definition) is 3. The number of rotatable bonds is 7. The van der Waals surface area contributed by atoms with Crippen molar-refractivity contribution in [2.45, 2.75) is 44.1 Å². The Bertz CT molecular complexity index is 321. The van der Waals surface area contributed by atoms with Crippen molar-refractivity contribution in [1.29, 1.82) is 0 Å². The molecule has 0 radical (unpaired) electrons. The normalized spacial score (nSPS) is 19.2. The van der Waals surface area contributed by atoms with Crippen molar-refractivity contribution < 1.29 is 19.8 Å². The minimum absolute atomic E-state index is 0.0664. The smallest absolute Gasteiger partial charge is 0.307 e. The molecule has 3 N–H and O–H groups in total. The Kier molecular flexibility index (Phi) is 5.34. The molecule has 1 atom stereocenters. The Morgan fingerprint density at radius 3 is 2.44 bits per heavy atom. The monoisotopic (exact) mass is 255 g/mol. The van der Waals surface area contributed by atoms with E-state index in [0.29, 0.717) is 0 Å². The molecular weight excluding hydrogens is 234 g/mol. The van der Waals surface area contributed by atoms with Crippen LogP contribution in [0.4, 0.5) is 0 Å². The molecule has 1 fully saturated rings. The molecule has 0 spiro atoms. The fourth-order valence-corrected chi connectivity index (χ4v) is 2.42. The minimum atomic E-state index is -0.991. The maximum atomic E-state index is 11.8. The van der Waals surface area contributed by atoms with Gasteiger partial charge in [0.25, 0.3) is 0 Å². The number of aliphatic carboxylic acids is 1. The average molecular weight is 255 g/mol. The second-order valence-electron chi connectivity index (χ2n) is 4.96. The zero-order valence-electron chi connectivity index (χ0n) is 10.5. The number of carbonyl (C=O) groups excluding carboxylic acids is 1. The van der Waals surface area contributed by atoms with Crippen LogP contribution in [0.1, 0.15) is 38.5 Å². The van der Waals surface area contributed by atoms with Gasteiger partial charge in [-0.2, -0.15) is 0 Å². The first-order valence-corrected chi connectivity index (χ1v) is 6.28. The summed E-state index contributed by atoms with van der Waals surface area (Å²) in [5.74, 6) is -2.03. The van der Waals surface area contributed by atoms with Crippen LogP contribution in [0.2, 0.25) is 0 Å². The molecule has 1 amide bonds. The van der Waals surface area contributed by atoms with Crippen molar-refractivity contribution in [3.63, 3.8) is 0 Å². The second-order valence-corrected chi connectivity index (χ2v) is 4.96. The molecule has 0 bridgehead atoms. The van der Waals surface area contributed by atoms with E-state index in [4.69, 9.17) is 5.11 Å². The van der Waals surface area contributed by atoms with Gasteiger partial charge in [0.2, 0.25) is 5.91 Å². The van der Waals surface area contributed by atoms with Crippen molar-refractivity contribution in [1.82, 2.24) is 5.32 Å². The first kappa shape index (κ1) is 14.7. The molecule has 0 aliphatic heterocycles. The lowest BCUT2D eigenvalue weighted by molar-refractivity contribution is -0.144. The van der Waals surface area contributed by atoms with E-state index in [-0.39, 0.29) is 25.4 Å². The van der Waals surface area contributed by atoms with Crippen molar-refractivity contribution in [3.05, 3.63) is 12.7 Å². The number of carboxylic acids is 1. The first-order chi connectivity index (χ1) is 8.53. The van der Waals surface area contributed by atoms with E-state index in [1.54, 1.807) is 0 Å². The standard InChI is InChI=1S/C13H21NO4/c1-2-5-10(12(17)18)8-11(16)14-13(9-15)6-3-4-7-13/h2,10,15H,1,3-9H2,(H,14,16)(H,17,18)/t10-/m1/s1. The predicted octanol–water partition coefficient (Wildman–Crippen LogP) is 1.07. The van der Waals surface area contributed by atoms with Gasteiger partial charge in [0, 0.05) is 6.42 Å². The lowest BCUT2D eigenvalue weighted by atomic mass is 9.96. The molecular formula is C13H21NO4. The van der Waals surface area contributed by atoms with E-state index in [2.05, 4.69) is 11.9 Å². The molecule has 1 saturated carbocycles. The van der Waals surface area contributed by atoms with Crippen LogP contribution in [0, 0.1) is 5.92 Å². The molecule has 0 aromatic rings. The number of amides is 1. The van der Waals surface area contributed by atoms with Crippen molar-refractivity contribution in [2.75, 3.05) is 6.61 Å². The summed E-state index contributed by atoms with van der Waals surface area (Å²) in [5, 5.41) is 21.1. The van der Waals surface area contributed by atoms with Gasteiger partial charge in [0.1, 0.15) is 0 Å². The van der Waals surface area contributed by atoms with E-state index in [9.17, 15) is 14.7 Å². The highest BCUT2D eigenvalue weighted by Crippen LogP contribution is 2.29. The number of aliphatic hydroxyl groups excluding tert-OH is 1. The maximum Gasteiger partial charge on any atom is 0.307 e. The largest absolute Gasteiger partial charge is 0.481 e. The number of hydrogen-bond acceptors (Lipinski definition) is 3. The zero-order chi connectivity index (χ0) is 13.6. The van der Waals surface area contributed by atoms with Gasteiger partial charge in [-0.3, -0.25) is 9.59 Å². The summed E-state index contributed by atoms with van der Waals surface area (Å²) < 4.78 is 0. The third kappa shape index (κ3) is 3.84. The molecule has 0 aromatic heterocycles. The highest BCUT2D eigenvalue weighted by molar-refractivity contribution is 5.82. The molecule has 0 unspecified atom stereocenters. The van der Waals surface area contributed by atoms with E-state index in [0.717, 1.165) is 25.7 Å². The number of carboxylic acid groups (broad SMARTS) is 1. The average Bonchev–Trinajstić information content (AvgIpc) is 2.77. The topological polar surface area (TPSA) is 86.6 Å². The summed E-state index contributed by atoms with van der Waals surface area (Å²) in [6.07, 6.45) is 5.19. The van der Waals surface area contributed by atoms with Crippen LogP contribution >= 0.6 is 0 Å². The summed E-state index contributed by atoms with van der Waals surface area (Å²) in [5.41, 5.74) is -0.533. The Morgan fingerprint density at radius 1 is 1.39 bits per heavy atom. The summed E-state index contributed by atoms with van der Waals surface area (Å²) >= 11 is 0. The van der Waals surface area contributed by atoms with Crippen molar-refractivity contribution >= 4 is 11.9 Å². The number of aliphatic hydroxyl groups is 1. The van der Waals surface area contributed by atoms with Crippen LogP contribution in [0.15, 0.2) is 12.7 Å². The maximum absolute atomic E-state index is 11.8. The van der Waals surface area contributed by atoms with Crippen LogP contribution in [0.3, 0.4) is 0 Å². The molecule has 1 rings (SSSR count). The highest BCUT2D eigenvalue weighted by Gasteiger charge is 2.35. The SMILES string of the molecule is C=CC[C@H](CC(=O)NC1(CO)CCCC1)C(=O)O. The minimum Gasteiger partial charge on any atom is -0.481 e. The van der Waals surface area contributed by atoms with E-state index < -0.39 is 17.4 Å². The van der Waals surface area contributed by atoms with E-state index >= 15 is 0 Å². The quantitative estimate of drug-likeness (QED) is 0.594. The molecule has 0 saturated heterocycles. The molecule has 0 aromatic carbocycles. The Morgan fingerprint density at radius 2 is 2.00 bits per heavy atom.